The van der Waals surface area contributed by atoms with Gasteiger partial charge >= 0.3 is 0 Å². The molecule has 1 aliphatic carbocycles. The lowest BCUT2D eigenvalue weighted by atomic mass is 9.90. The van der Waals surface area contributed by atoms with Crippen LogP contribution in [0, 0.1) is 12.3 Å². The van der Waals surface area contributed by atoms with E-state index in [2.05, 4.69) is 30.0 Å². The number of rotatable bonds is 3. The summed E-state index contributed by atoms with van der Waals surface area (Å²) in [5, 5.41) is 3.83. The number of terminal acetylenes is 1. The van der Waals surface area contributed by atoms with Crippen LogP contribution >= 0.6 is 0 Å². The molecule has 1 spiro atoms. The van der Waals surface area contributed by atoms with Crippen molar-refractivity contribution < 1.29 is 0 Å². The largest absolute Gasteiger partial charge is 0.308 e. The van der Waals surface area contributed by atoms with Crippen LogP contribution in [0.1, 0.15) is 52.4 Å². The highest BCUT2D eigenvalue weighted by molar-refractivity contribution is 5.03. The van der Waals surface area contributed by atoms with Gasteiger partial charge in [-0.25, -0.2) is 0 Å². The maximum Gasteiger partial charge on any atom is 0.0309 e. The number of hydrogen-bond donors (Lipinski definition) is 1. The topological polar surface area (TPSA) is 15.3 Å². The first-order valence-electron chi connectivity index (χ1n) is 7.15. The molecular weight excluding hydrogens is 208 g/mol. The highest BCUT2D eigenvalue weighted by Crippen LogP contribution is 2.34. The van der Waals surface area contributed by atoms with E-state index in [4.69, 9.17) is 6.42 Å². The van der Waals surface area contributed by atoms with Crippen LogP contribution in [-0.4, -0.2) is 35.6 Å². The molecule has 96 valence electrons. The lowest BCUT2D eigenvalue weighted by Crippen LogP contribution is -2.64. The van der Waals surface area contributed by atoms with Crippen LogP contribution in [0.15, 0.2) is 0 Å². The van der Waals surface area contributed by atoms with Crippen LogP contribution in [0.4, 0.5) is 0 Å². The highest BCUT2D eigenvalue weighted by Gasteiger charge is 2.41. The molecule has 2 aliphatic rings. The Morgan fingerprint density at radius 1 is 1.47 bits per heavy atom. The van der Waals surface area contributed by atoms with E-state index in [-0.39, 0.29) is 0 Å². The summed E-state index contributed by atoms with van der Waals surface area (Å²) >= 11 is 0. The zero-order valence-corrected chi connectivity index (χ0v) is 11.3. The first-order chi connectivity index (χ1) is 8.21. The van der Waals surface area contributed by atoms with E-state index in [9.17, 15) is 0 Å². The molecule has 0 amide bonds. The molecule has 1 heterocycles. The summed E-state index contributed by atoms with van der Waals surface area (Å²) in [6.07, 6.45) is 13.1. The van der Waals surface area contributed by atoms with Gasteiger partial charge in [-0.3, -0.25) is 4.90 Å². The van der Waals surface area contributed by atoms with Crippen molar-refractivity contribution in [2.24, 2.45) is 0 Å². The van der Waals surface area contributed by atoms with Crippen LogP contribution in [0.3, 0.4) is 0 Å². The minimum Gasteiger partial charge on any atom is -0.308 e. The molecule has 2 nitrogen and oxygen atoms in total. The molecule has 1 aliphatic heterocycles. The van der Waals surface area contributed by atoms with Crippen molar-refractivity contribution in [3.8, 4) is 12.3 Å². The normalized spacial score (nSPS) is 30.3. The van der Waals surface area contributed by atoms with Gasteiger partial charge in [0, 0.05) is 37.1 Å². The smallest absolute Gasteiger partial charge is 0.0309 e. The van der Waals surface area contributed by atoms with E-state index in [0.717, 1.165) is 13.0 Å². The van der Waals surface area contributed by atoms with E-state index in [0.29, 0.717) is 17.6 Å². The highest BCUT2D eigenvalue weighted by atomic mass is 15.3. The second-order valence-electron chi connectivity index (χ2n) is 5.86. The number of nitrogens with zero attached hydrogens (tertiary/aromatic N) is 1. The summed E-state index contributed by atoms with van der Waals surface area (Å²) in [6, 6.07) is 1.20. The zero-order valence-electron chi connectivity index (χ0n) is 11.3. The van der Waals surface area contributed by atoms with Gasteiger partial charge in [0.05, 0.1) is 0 Å². The van der Waals surface area contributed by atoms with Gasteiger partial charge in [0.25, 0.3) is 0 Å². The third-order valence-electron chi connectivity index (χ3n) is 4.68. The predicted octanol–water partition coefficient (Wildman–Crippen LogP) is 2.39. The molecular formula is C15H26N2. The van der Waals surface area contributed by atoms with Gasteiger partial charge in [0.1, 0.15) is 0 Å². The average molecular weight is 234 g/mol. The number of nitrogens with one attached hydrogen (secondary N) is 1. The first-order valence-corrected chi connectivity index (χ1v) is 7.15. The SMILES string of the molecule is C#CCC(C)N1CC2(CCCC2)NCC1CC. The van der Waals surface area contributed by atoms with E-state index in [1.165, 1.54) is 38.6 Å². The molecule has 1 saturated heterocycles. The fourth-order valence-electron chi connectivity index (χ4n) is 3.56. The van der Waals surface area contributed by atoms with Gasteiger partial charge in [-0.2, -0.15) is 0 Å². The van der Waals surface area contributed by atoms with E-state index >= 15 is 0 Å². The molecule has 2 atom stereocenters. The molecule has 2 heteroatoms. The van der Waals surface area contributed by atoms with Gasteiger partial charge in [0.2, 0.25) is 0 Å². The number of piperazine rings is 1. The van der Waals surface area contributed by atoms with Crippen molar-refractivity contribution in [3.05, 3.63) is 0 Å². The molecule has 0 bridgehead atoms. The Labute approximate surface area is 106 Å². The van der Waals surface area contributed by atoms with E-state index < -0.39 is 0 Å². The van der Waals surface area contributed by atoms with E-state index in [1.54, 1.807) is 0 Å². The molecule has 0 aromatic rings. The van der Waals surface area contributed by atoms with Crippen LogP contribution < -0.4 is 5.32 Å². The van der Waals surface area contributed by atoms with Crippen molar-refractivity contribution in [3.63, 3.8) is 0 Å². The van der Waals surface area contributed by atoms with Gasteiger partial charge in [-0.05, 0) is 26.2 Å². The molecule has 2 rings (SSSR count). The molecule has 1 saturated carbocycles. The van der Waals surface area contributed by atoms with Gasteiger partial charge in [0.15, 0.2) is 0 Å². The number of hydrogen-bond acceptors (Lipinski definition) is 2. The minimum absolute atomic E-state index is 0.411. The molecule has 2 fully saturated rings. The van der Waals surface area contributed by atoms with Crippen molar-refractivity contribution in [2.45, 2.75) is 70.0 Å². The fourth-order valence-corrected chi connectivity index (χ4v) is 3.56. The molecule has 0 radical (unpaired) electrons. The van der Waals surface area contributed by atoms with Crippen LogP contribution in [0.25, 0.3) is 0 Å². The Morgan fingerprint density at radius 2 is 2.18 bits per heavy atom. The van der Waals surface area contributed by atoms with Crippen molar-refractivity contribution >= 4 is 0 Å². The quantitative estimate of drug-likeness (QED) is 0.754. The Bertz CT molecular complexity index is 286. The standard InChI is InChI=1S/C15H26N2/c1-4-8-13(3)17-12-15(9-6-7-10-15)16-11-14(17)5-2/h1,13-14,16H,5-12H2,2-3H3. The van der Waals surface area contributed by atoms with Crippen molar-refractivity contribution in [2.75, 3.05) is 13.1 Å². The van der Waals surface area contributed by atoms with Crippen LogP contribution in [0.5, 0.6) is 0 Å². The third kappa shape index (κ3) is 2.67. The predicted molar refractivity (Wildman–Crippen MR) is 72.9 cm³/mol. The second-order valence-corrected chi connectivity index (χ2v) is 5.86. The van der Waals surface area contributed by atoms with Gasteiger partial charge in [-0.1, -0.05) is 19.8 Å². The fraction of sp³-hybridized carbons (Fsp3) is 0.867. The lowest BCUT2D eigenvalue weighted by Gasteiger charge is -2.48. The summed E-state index contributed by atoms with van der Waals surface area (Å²) in [5.41, 5.74) is 0.411. The third-order valence-corrected chi connectivity index (χ3v) is 4.68. The molecule has 0 aromatic carbocycles. The molecule has 0 aromatic heterocycles. The Morgan fingerprint density at radius 3 is 2.76 bits per heavy atom. The molecule has 1 N–H and O–H groups in total. The van der Waals surface area contributed by atoms with Gasteiger partial charge in [-0.15, -0.1) is 12.3 Å². The maximum absolute atomic E-state index is 5.48. The van der Waals surface area contributed by atoms with Gasteiger partial charge < -0.3 is 5.32 Å². The van der Waals surface area contributed by atoms with Crippen LogP contribution in [0.2, 0.25) is 0 Å². The summed E-state index contributed by atoms with van der Waals surface area (Å²) in [4.78, 5) is 2.67. The second kappa shape index (κ2) is 5.42. The zero-order chi connectivity index (χ0) is 12.3. The first kappa shape index (κ1) is 12.9. The van der Waals surface area contributed by atoms with Crippen molar-refractivity contribution in [1.82, 2.24) is 10.2 Å². The average Bonchev–Trinajstić information content (AvgIpc) is 2.78. The Balaban J connectivity index is 2.05. The van der Waals surface area contributed by atoms with Crippen LogP contribution in [-0.2, 0) is 0 Å². The molecule has 2 unspecified atom stereocenters. The monoisotopic (exact) mass is 234 g/mol. The van der Waals surface area contributed by atoms with Crippen molar-refractivity contribution in [1.29, 1.82) is 0 Å². The lowest BCUT2D eigenvalue weighted by molar-refractivity contribution is 0.0483. The Hall–Kier alpha value is -0.520. The maximum atomic E-state index is 5.48. The summed E-state index contributed by atoms with van der Waals surface area (Å²) < 4.78 is 0. The summed E-state index contributed by atoms with van der Waals surface area (Å²) in [7, 11) is 0. The summed E-state index contributed by atoms with van der Waals surface area (Å²) in [5.74, 6) is 2.83. The summed E-state index contributed by atoms with van der Waals surface area (Å²) in [6.45, 7) is 6.92. The molecule has 17 heavy (non-hydrogen) atoms. The minimum atomic E-state index is 0.411. The Kier molecular flexibility index (Phi) is 4.12. The van der Waals surface area contributed by atoms with E-state index in [1.807, 2.05) is 0 Å².